The van der Waals surface area contributed by atoms with Crippen molar-refractivity contribution in [2.24, 2.45) is 0 Å². The summed E-state index contributed by atoms with van der Waals surface area (Å²) in [4.78, 5) is 0. The molecule has 0 aliphatic carbocycles. The topological polar surface area (TPSA) is 0 Å². The monoisotopic (exact) mass is 242 g/mol. The van der Waals surface area contributed by atoms with E-state index in [0.717, 1.165) is 0 Å². The minimum absolute atomic E-state index is 0.846. The van der Waals surface area contributed by atoms with Crippen LogP contribution in [-0.4, -0.2) is 8.07 Å². The fourth-order valence-corrected chi connectivity index (χ4v) is 8.95. The molecule has 0 rings (SSSR count). The Morgan fingerprint density at radius 1 is 0.500 bits per heavy atom. The molecule has 0 aliphatic rings. The first-order valence-corrected chi connectivity index (χ1v) is 10.6. The normalized spacial score (nSPS) is 12.0. The van der Waals surface area contributed by atoms with Gasteiger partial charge in [0.15, 0.2) is 0 Å². The summed E-state index contributed by atoms with van der Waals surface area (Å²) in [5.41, 5.74) is 0. The minimum Gasteiger partial charge on any atom is -0.0657 e. The van der Waals surface area contributed by atoms with Gasteiger partial charge in [0.1, 0.15) is 0 Å². The largest absolute Gasteiger partial charge is 0.0657 e. The van der Waals surface area contributed by atoms with Gasteiger partial charge in [-0.1, -0.05) is 96.8 Å². The fraction of sp³-hybridized carbons (Fsp3) is 1.00. The molecule has 0 aromatic carbocycles. The quantitative estimate of drug-likeness (QED) is 0.297. The van der Waals surface area contributed by atoms with Crippen molar-refractivity contribution >= 4 is 8.07 Å². The van der Waals surface area contributed by atoms with Crippen molar-refractivity contribution in [3.8, 4) is 0 Å². The zero-order chi connectivity index (χ0) is 12.3. The molecular formula is C15H34Si. The Balaban J connectivity index is 4.12. The van der Waals surface area contributed by atoms with Crippen molar-refractivity contribution < 1.29 is 0 Å². The lowest BCUT2D eigenvalue weighted by atomic mass is 10.2. The average molecular weight is 243 g/mol. The van der Waals surface area contributed by atoms with Gasteiger partial charge in [0, 0.05) is 0 Å². The highest BCUT2D eigenvalue weighted by atomic mass is 28.3. The van der Waals surface area contributed by atoms with Gasteiger partial charge in [-0.25, -0.2) is 0 Å². The van der Waals surface area contributed by atoms with Crippen LogP contribution in [0.3, 0.4) is 0 Å². The average Bonchev–Trinajstić information content (AvgIpc) is 2.26. The smallest absolute Gasteiger partial charge is 0.0535 e. The lowest BCUT2D eigenvalue weighted by Gasteiger charge is -2.31. The van der Waals surface area contributed by atoms with Gasteiger partial charge in [-0.05, 0) is 0 Å². The van der Waals surface area contributed by atoms with Crippen LogP contribution in [0.1, 0.15) is 72.6 Å². The first-order chi connectivity index (χ1) is 7.74. The molecular weight excluding hydrogens is 208 g/mol. The minimum atomic E-state index is -0.846. The molecule has 0 nitrogen and oxygen atoms in total. The molecule has 0 aromatic heterocycles. The van der Waals surface area contributed by atoms with E-state index in [0.29, 0.717) is 0 Å². The van der Waals surface area contributed by atoms with Gasteiger partial charge in [-0.2, -0.15) is 0 Å². The van der Waals surface area contributed by atoms with E-state index in [1.165, 1.54) is 44.9 Å². The van der Waals surface area contributed by atoms with E-state index in [1.54, 1.807) is 24.2 Å². The fourth-order valence-electron chi connectivity index (χ4n) is 3.27. The van der Waals surface area contributed by atoms with Gasteiger partial charge in [-0.15, -0.1) is 0 Å². The van der Waals surface area contributed by atoms with Crippen molar-refractivity contribution in [2.45, 2.75) is 96.8 Å². The van der Waals surface area contributed by atoms with Crippen LogP contribution >= 0.6 is 0 Å². The van der Waals surface area contributed by atoms with E-state index in [2.05, 4.69) is 27.7 Å². The third-order valence-electron chi connectivity index (χ3n) is 3.90. The standard InChI is InChI=1S/C15H34Si/c1-5-9-10-11-15-16(12-6-2,13-7-3)14-8-4/h5-15H2,1-4H3. The third kappa shape index (κ3) is 6.73. The molecule has 0 aliphatic heterocycles. The Hall–Kier alpha value is 0.217. The van der Waals surface area contributed by atoms with Crippen LogP contribution in [0.2, 0.25) is 24.2 Å². The molecule has 0 spiro atoms. The second-order valence-corrected chi connectivity index (χ2v) is 10.6. The van der Waals surface area contributed by atoms with E-state index < -0.39 is 8.07 Å². The third-order valence-corrected chi connectivity index (χ3v) is 10.00. The number of rotatable bonds is 11. The van der Waals surface area contributed by atoms with Gasteiger partial charge >= 0.3 is 0 Å². The summed E-state index contributed by atoms with van der Waals surface area (Å²) in [6.45, 7) is 9.48. The molecule has 16 heavy (non-hydrogen) atoms. The molecule has 0 amide bonds. The second kappa shape index (κ2) is 10.4. The maximum atomic E-state index is 2.39. The number of hydrogen-bond donors (Lipinski definition) is 0. The van der Waals surface area contributed by atoms with Crippen molar-refractivity contribution in [2.75, 3.05) is 0 Å². The predicted molar refractivity (Wildman–Crippen MR) is 80.0 cm³/mol. The Morgan fingerprint density at radius 2 is 1.00 bits per heavy atom. The lowest BCUT2D eigenvalue weighted by Crippen LogP contribution is -2.33. The van der Waals surface area contributed by atoms with Crippen LogP contribution in [0.15, 0.2) is 0 Å². The zero-order valence-electron chi connectivity index (χ0n) is 12.3. The zero-order valence-corrected chi connectivity index (χ0v) is 13.3. The molecule has 0 unspecified atom stereocenters. The summed E-state index contributed by atoms with van der Waals surface area (Å²) in [5.74, 6) is 0. The Morgan fingerprint density at radius 3 is 1.38 bits per heavy atom. The van der Waals surface area contributed by atoms with E-state index in [9.17, 15) is 0 Å². The highest BCUT2D eigenvalue weighted by Gasteiger charge is 2.28. The van der Waals surface area contributed by atoms with Crippen LogP contribution in [0.25, 0.3) is 0 Å². The highest BCUT2D eigenvalue weighted by Crippen LogP contribution is 2.32. The second-order valence-electron chi connectivity index (χ2n) is 5.56. The summed E-state index contributed by atoms with van der Waals surface area (Å²) >= 11 is 0. The molecule has 1 heteroatoms. The van der Waals surface area contributed by atoms with Gasteiger partial charge < -0.3 is 0 Å². The molecule has 0 atom stereocenters. The van der Waals surface area contributed by atoms with E-state index in [1.807, 2.05) is 0 Å². The molecule has 98 valence electrons. The van der Waals surface area contributed by atoms with Gasteiger partial charge in [-0.3, -0.25) is 0 Å². The molecule has 0 heterocycles. The Labute approximate surface area is 105 Å². The SMILES string of the molecule is CCCCCC[Si](CCC)(CCC)CCC. The van der Waals surface area contributed by atoms with Gasteiger partial charge in [0.2, 0.25) is 0 Å². The summed E-state index contributed by atoms with van der Waals surface area (Å²) in [5, 5.41) is 0. The van der Waals surface area contributed by atoms with Crippen LogP contribution in [0.5, 0.6) is 0 Å². The maximum Gasteiger partial charge on any atom is 0.0535 e. The molecule has 0 radical (unpaired) electrons. The molecule has 0 saturated heterocycles. The van der Waals surface area contributed by atoms with Crippen LogP contribution < -0.4 is 0 Å². The van der Waals surface area contributed by atoms with Crippen molar-refractivity contribution in [3.05, 3.63) is 0 Å². The Kier molecular flexibility index (Phi) is 10.5. The predicted octanol–water partition coefficient (Wildman–Crippen LogP) is 6.25. The van der Waals surface area contributed by atoms with Crippen molar-refractivity contribution in [1.29, 1.82) is 0 Å². The number of unbranched alkanes of at least 4 members (excludes halogenated alkanes) is 3. The molecule has 0 fully saturated rings. The summed E-state index contributed by atoms with van der Waals surface area (Å²) in [6.07, 6.45) is 10.1. The van der Waals surface area contributed by atoms with E-state index in [-0.39, 0.29) is 0 Å². The van der Waals surface area contributed by atoms with Crippen LogP contribution in [0.4, 0.5) is 0 Å². The molecule has 0 aromatic rings. The number of hydrogen-bond acceptors (Lipinski definition) is 0. The van der Waals surface area contributed by atoms with Crippen molar-refractivity contribution in [3.63, 3.8) is 0 Å². The van der Waals surface area contributed by atoms with Gasteiger partial charge in [0.05, 0.1) is 8.07 Å². The van der Waals surface area contributed by atoms with Crippen LogP contribution in [0, 0.1) is 0 Å². The first-order valence-electron chi connectivity index (χ1n) is 7.74. The first kappa shape index (κ1) is 16.2. The molecule has 0 N–H and O–H groups in total. The molecule has 0 bridgehead atoms. The lowest BCUT2D eigenvalue weighted by molar-refractivity contribution is 0.690. The van der Waals surface area contributed by atoms with E-state index in [4.69, 9.17) is 0 Å². The van der Waals surface area contributed by atoms with Crippen LogP contribution in [-0.2, 0) is 0 Å². The highest BCUT2D eigenvalue weighted by molar-refractivity contribution is 6.79. The van der Waals surface area contributed by atoms with Gasteiger partial charge in [0.25, 0.3) is 0 Å². The summed E-state index contributed by atoms with van der Waals surface area (Å²) in [7, 11) is -0.846. The van der Waals surface area contributed by atoms with E-state index >= 15 is 0 Å². The summed E-state index contributed by atoms with van der Waals surface area (Å²) in [6, 6.07) is 6.42. The molecule has 0 saturated carbocycles. The maximum absolute atomic E-state index is 2.39. The summed E-state index contributed by atoms with van der Waals surface area (Å²) < 4.78 is 0. The van der Waals surface area contributed by atoms with Crippen molar-refractivity contribution in [1.82, 2.24) is 0 Å². The Bertz CT molecular complexity index is 125.